The third-order valence-corrected chi connectivity index (χ3v) is 3.39. The summed E-state index contributed by atoms with van der Waals surface area (Å²) in [6.07, 6.45) is -1.27. The van der Waals surface area contributed by atoms with Crippen molar-refractivity contribution in [1.29, 1.82) is 0 Å². The fourth-order valence-corrected chi connectivity index (χ4v) is 2.04. The first-order chi connectivity index (χ1) is 8.36. The maximum absolute atomic E-state index is 12.8. The molecule has 0 unspecified atom stereocenters. The SMILES string of the molecule is COc1c(CCC2(N)CC2)cccc1C(F)(F)F. The van der Waals surface area contributed by atoms with E-state index in [2.05, 4.69) is 0 Å². The Kier molecular flexibility index (Phi) is 3.27. The topological polar surface area (TPSA) is 35.2 Å². The Bertz CT molecular complexity index is 438. The average Bonchev–Trinajstić information content (AvgIpc) is 3.03. The third-order valence-electron chi connectivity index (χ3n) is 3.39. The van der Waals surface area contributed by atoms with Crippen molar-refractivity contribution in [3.63, 3.8) is 0 Å². The van der Waals surface area contributed by atoms with Gasteiger partial charge in [0.25, 0.3) is 0 Å². The maximum atomic E-state index is 12.8. The predicted molar refractivity (Wildman–Crippen MR) is 62.5 cm³/mol. The van der Waals surface area contributed by atoms with Crippen LogP contribution < -0.4 is 10.5 Å². The van der Waals surface area contributed by atoms with Crippen molar-refractivity contribution in [2.75, 3.05) is 7.11 Å². The highest BCUT2D eigenvalue weighted by molar-refractivity contribution is 5.43. The standard InChI is InChI=1S/C13H16F3NO/c1-18-11-9(5-6-12(17)7-8-12)3-2-4-10(11)13(14,15)16/h2-4H,5-8,17H2,1H3. The lowest BCUT2D eigenvalue weighted by molar-refractivity contribution is -0.138. The quantitative estimate of drug-likeness (QED) is 0.901. The molecule has 1 aliphatic rings. The molecule has 0 aliphatic heterocycles. The van der Waals surface area contributed by atoms with Crippen LogP contribution in [0.25, 0.3) is 0 Å². The molecule has 1 fully saturated rings. The van der Waals surface area contributed by atoms with Crippen LogP contribution in [0.1, 0.15) is 30.4 Å². The summed E-state index contributed by atoms with van der Waals surface area (Å²) in [5.74, 6) is -0.0748. The van der Waals surface area contributed by atoms with Crippen molar-refractivity contribution in [2.45, 2.75) is 37.4 Å². The van der Waals surface area contributed by atoms with E-state index in [4.69, 9.17) is 10.5 Å². The number of halogens is 3. The van der Waals surface area contributed by atoms with Crippen molar-refractivity contribution >= 4 is 0 Å². The zero-order chi connectivity index (χ0) is 13.4. The first-order valence-electron chi connectivity index (χ1n) is 5.88. The number of hydrogen-bond donors (Lipinski definition) is 1. The molecule has 0 amide bonds. The monoisotopic (exact) mass is 259 g/mol. The molecule has 0 heterocycles. The van der Waals surface area contributed by atoms with E-state index < -0.39 is 11.7 Å². The lowest BCUT2D eigenvalue weighted by Gasteiger charge is -2.16. The van der Waals surface area contributed by atoms with E-state index in [1.165, 1.54) is 13.2 Å². The van der Waals surface area contributed by atoms with Gasteiger partial charge < -0.3 is 10.5 Å². The minimum Gasteiger partial charge on any atom is -0.496 e. The van der Waals surface area contributed by atoms with Crippen LogP contribution in [0.3, 0.4) is 0 Å². The zero-order valence-electron chi connectivity index (χ0n) is 10.2. The summed E-state index contributed by atoms with van der Waals surface area (Å²) in [4.78, 5) is 0. The van der Waals surface area contributed by atoms with Gasteiger partial charge in [-0.15, -0.1) is 0 Å². The molecular weight excluding hydrogens is 243 g/mol. The molecule has 0 spiro atoms. The second kappa shape index (κ2) is 4.46. The highest BCUT2D eigenvalue weighted by Crippen LogP contribution is 2.41. The Morgan fingerprint density at radius 3 is 2.50 bits per heavy atom. The Morgan fingerprint density at radius 2 is 2.00 bits per heavy atom. The number of ether oxygens (including phenoxy) is 1. The van der Waals surface area contributed by atoms with Gasteiger partial charge in [-0.25, -0.2) is 0 Å². The highest BCUT2D eigenvalue weighted by atomic mass is 19.4. The molecule has 2 N–H and O–H groups in total. The summed E-state index contributed by atoms with van der Waals surface area (Å²) >= 11 is 0. The Morgan fingerprint density at radius 1 is 1.33 bits per heavy atom. The van der Waals surface area contributed by atoms with Gasteiger partial charge >= 0.3 is 6.18 Å². The summed E-state index contributed by atoms with van der Waals surface area (Å²) in [5, 5.41) is 0. The van der Waals surface area contributed by atoms with E-state index in [1.807, 2.05) is 0 Å². The van der Waals surface area contributed by atoms with E-state index >= 15 is 0 Å². The molecule has 0 bridgehead atoms. The highest BCUT2D eigenvalue weighted by Gasteiger charge is 2.38. The van der Waals surface area contributed by atoms with Crippen LogP contribution in [-0.4, -0.2) is 12.6 Å². The maximum Gasteiger partial charge on any atom is 0.419 e. The van der Waals surface area contributed by atoms with E-state index in [-0.39, 0.29) is 11.3 Å². The van der Waals surface area contributed by atoms with Gasteiger partial charge in [-0.1, -0.05) is 12.1 Å². The Balaban J connectivity index is 2.23. The minimum atomic E-state index is -4.39. The van der Waals surface area contributed by atoms with Gasteiger partial charge in [0.15, 0.2) is 0 Å². The number of aryl methyl sites for hydroxylation is 1. The summed E-state index contributed by atoms with van der Waals surface area (Å²) < 4.78 is 43.3. The van der Waals surface area contributed by atoms with Gasteiger partial charge in [0.2, 0.25) is 0 Å². The molecule has 1 aromatic carbocycles. The molecule has 0 aromatic heterocycles. The van der Waals surface area contributed by atoms with Crippen LogP contribution in [0, 0.1) is 0 Å². The van der Waals surface area contributed by atoms with Gasteiger partial charge in [-0.3, -0.25) is 0 Å². The smallest absolute Gasteiger partial charge is 0.419 e. The fourth-order valence-electron chi connectivity index (χ4n) is 2.04. The molecule has 0 saturated heterocycles. The van der Waals surface area contributed by atoms with Crippen molar-refractivity contribution in [1.82, 2.24) is 0 Å². The first-order valence-corrected chi connectivity index (χ1v) is 5.88. The summed E-state index contributed by atoms with van der Waals surface area (Å²) in [5.41, 5.74) is 5.63. The molecule has 2 rings (SSSR count). The number of para-hydroxylation sites is 1. The molecule has 1 aromatic rings. The second-order valence-corrected chi connectivity index (χ2v) is 4.86. The lowest BCUT2D eigenvalue weighted by Crippen LogP contribution is -2.22. The number of hydrogen-bond acceptors (Lipinski definition) is 2. The molecule has 100 valence electrons. The molecule has 0 atom stereocenters. The van der Waals surface area contributed by atoms with Gasteiger partial charge in [0.1, 0.15) is 5.75 Å². The summed E-state index contributed by atoms with van der Waals surface area (Å²) in [7, 11) is 1.27. The van der Waals surface area contributed by atoms with Gasteiger partial charge in [0, 0.05) is 5.54 Å². The van der Waals surface area contributed by atoms with E-state index in [1.54, 1.807) is 6.07 Å². The second-order valence-electron chi connectivity index (χ2n) is 4.86. The minimum absolute atomic E-state index is 0.0748. The van der Waals surface area contributed by atoms with E-state index in [9.17, 15) is 13.2 Å². The average molecular weight is 259 g/mol. The van der Waals surface area contributed by atoms with Crippen LogP contribution in [0.2, 0.25) is 0 Å². The number of benzene rings is 1. The van der Waals surface area contributed by atoms with Crippen molar-refractivity contribution in [2.24, 2.45) is 5.73 Å². The Hall–Kier alpha value is -1.23. The molecule has 0 radical (unpaired) electrons. The number of rotatable bonds is 4. The molecule has 18 heavy (non-hydrogen) atoms. The Labute approximate surface area is 104 Å². The molecule has 2 nitrogen and oxygen atoms in total. The largest absolute Gasteiger partial charge is 0.496 e. The van der Waals surface area contributed by atoms with Gasteiger partial charge in [-0.05, 0) is 37.3 Å². The first kappa shape index (κ1) is 13.2. The number of alkyl halides is 3. The van der Waals surface area contributed by atoms with Crippen LogP contribution in [0.4, 0.5) is 13.2 Å². The fraction of sp³-hybridized carbons (Fsp3) is 0.538. The molecule has 5 heteroatoms. The summed E-state index contributed by atoms with van der Waals surface area (Å²) in [6.45, 7) is 0. The van der Waals surface area contributed by atoms with Crippen molar-refractivity contribution in [3.05, 3.63) is 29.3 Å². The van der Waals surface area contributed by atoms with Crippen LogP contribution in [0.15, 0.2) is 18.2 Å². The number of methoxy groups -OCH3 is 1. The summed E-state index contributed by atoms with van der Waals surface area (Å²) in [6, 6.07) is 4.12. The molecule has 1 aliphatic carbocycles. The van der Waals surface area contributed by atoms with E-state index in [0.29, 0.717) is 18.4 Å². The van der Waals surface area contributed by atoms with Crippen molar-refractivity contribution < 1.29 is 17.9 Å². The molecular formula is C13H16F3NO. The van der Waals surface area contributed by atoms with E-state index in [0.717, 1.165) is 18.9 Å². The molecule has 1 saturated carbocycles. The predicted octanol–water partition coefficient (Wildman–Crippen LogP) is 3.14. The van der Waals surface area contributed by atoms with Crippen LogP contribution >= 0.6 is 0 Å². The van der Waals surface area contributed by atoms with Gasteiger partial charge in [0.05, 0.1) is 12.7 Å². The van der Waals surface area contributed by atoms with Crippen LogP contribution in [-0.2, 0) is 12.6 Å². The van der Waals surface area contributed by atoms with Crippen LogP contribution in [0.5, 0.6) is 5.75 Å². The lowest BCUT2D eigenvalue weighted by atomic mass is 10.0. The third kappa shape index (κ3) is 2.77. The van der Waals surface area contributed by atoms with Gasteiger partial charge in [-0.2, -0.15) is 13.2 Å². The van der Waals surface area contributed by atoms with Crippen molar-refractivity contribution in [3.8, 4) is 5.75 Å². The zero-order valence-corrected chi connectivity index (χ0v) is 10.2. The number of nitrogens with two attached hydrogens (primary N) is 1. The normalized spacial score (nSPS) is 17.6.